The molecule has 1 atom stereocenters. The fourth-order valence-corrected chi connectivity index (χ4v) is 4.59. The number of hydrogen-bond acceptors (Lipinski definition) is 5. The first-order valence-electron chi connectivity index (χ1n) is 5.93. The van der Waals surface area contributed by atoms with Crippen LogP contribution >= 0.6 is 15.9 Å². The highest BCUT2D eigenvalue weighted by atomic mass is 79.9. The molecule has 1 aromatic carbocycles. The van der Waals surface area contributed by atoms with Crippen LogP contribution in [0.15, 0.2) is 27.6 Å². The van der Waals surface area contributed by atoms with E-state index in [0.717, 1.165) is 16.4 Å². The van der Waals surface area contributed by atoms with Crippen LogP contribution in [0.5, 0.6) is 0 Å². The average Bonchev–Trinajstić information content (AvgIpc) is 2.88. The van der Waals surface area contributed by atoms with Crippen LogP contribution in [0.4, 0.5) is 5.69 Å². The number of carboxylic acids is 1. The van der Waals surface area contributed by atoms with E-state index in [1.54, 1.807) is 0 Å². The van der Waals surface area contributed by atoms with Crippen molar-refractivity contribution in [3.8, 4) is 0 Å². The molecule has 0 spiro atoms. The van der Waals surface area contributed by atoms with Gasteiger partial charge in [0.2, 0.25) is 0 Å². The molecule has 0 unspecified atom stereocenters. The molecule has 2 rings (SSSR count). The summed E-state index contributed by atoms with van der Waals surface area (Å²) in [6.45, 7) is 0.0307. The molecule has 0 aromatic heterocycles. The Balaban J connectivity index is 2.56. The molecule has 21 heavy (non-hydrogen) atoms. The van der Waals surface area contributed by atoms with Crippen molar-refractivity contribution >= 4 is 37.6 Å². The zero-order valence-electron chi connectivity index (χ0n) is 10.6. The Bertz CT molecular complexity index is 705. The van der Waals surface area contributed by atoms with Gasteiger partial charge in [0.05, 0.1) is 4.92 Å². The van der Waals surface area contributed by atoms with Crippen molar-refractivity contribution in [2.45, 2.75) is 23.8 Å². The monoisotopic (exact) mass is 378 g/mol. The Hall–Kier alpha value is -1.52. The number of halogens is 1. The summed E-state index contributed by atoms with van der Waals surface area (Å²) >= 11 is 3.07. The van der Waals surface area contributed by atoms with E-state index in [1.807, 2.05) is 0 Å². The molecule has 10 heteroatoms. The highest BCUT2D eigenvalue weighted by Gasteiger charge is 2.42. The molecular weight excluding hydrogens is 368 g/mol. The van der Waals surface area contributed by atoms with Crippen molar-refractivity contribution in [3.63, 3.8) is 0 Å². The number of aliphatic carboxylic acids is 1. The van der Waals surface area contributed by atoms with Gasteiger partial charge >= 0.3 is 5.97 Å². The molecule has 0 bridgehead atoms. The predicted molar refractivity (Wildman–Crippen MR) is 75.3 cm³/mol. The Labute approximate surface area is 128 Å². The van der Waals surface area contributed by atoms with Crippen LogP contribution in [0, 0.1) is 10.1 Å². The van der Waals surface area contributed by atoms with E-state index in [9.17, 15) is 23.3 Å². The molecule has 1 saturated heterocycles. The maximum atomic E-state index is 12.6. The largest absolute Gasteiger partial charge is 0.480 e. The number of nitrogens with zero attached hydrogens (tertiary/aromatic N) is 2. The minimum atomic E-state index is -4.25. The van der Waals surface area contributed by atoms with Crippen molar-refractivity contribution in [2.75, 3.05) is 6.54 Å². The maximum absolute atomic E-state index is 12.6. The molecule has 8 nitrogen and oxygen atoms in total. The molecule has 1 aliphatic heterocycles. The van der Waals surface area contributed by atoms with Gasteiger partial charge in [0.1, 0.15) is 6.04 Å². The number of carboxylic acid groups (broad SMARTS) is 1. The second-order valence-electron chi connectivity index (χ2n) is 4.48. The number of sulfonamides is 1. The maximum Gasteiger partial charge on any atom is 0.322 e. The van der Waals surface area contributed by atoms with Crippen LogP contribution in [0.3, 0.4) is 0 Å². The van der Waals surface area contributed by atoms with Crippen LogP contribution in [0.25, 0.3) is 0 Å². The molecule has 1 heterocycles. The topological polar surface area (TPSA) is 118 Å². The third kappa shape index (κ3) is 2.92. The number of hydrogen-bond donors (Lipinski definition) is 1. The first-order valence-corrected chi connectivity index (χ1v) is 8.17. The smallest absolute Gasteiger partial charge is 0.322 e. The second kappa shape index (κ2) is 5.70. The summed E-state index contributed by atoms with van der Waals surface area (Å²) in [7, 11) is -4.25. The molecule has 1 fully saturated rings. The SMILES string of the molecule is O=C(O)[C@@H]1CCCN1S(=O)(=O)c1cc(Br)ccc1[N+](=O)[O-]. The van der Waals surface area contributed by atoms with Gasteiger partial charge in [-0.25, -0.2) is 8.42 Å². The molecule has 0 aliphatic carbocycles. The fourth-order valence-electron chi connectivity index (χ4n) is 2.25. The predicted octanol–water partition coefficient (Wildman–Crippen LogP) is 1.59. The van der Waals surface area contributed by atoms with Crippen LogP contribution in [0.1, 0.15) is 12.8 Å². The highest BCUT2D eigenvalue weighted by Crippen LogP contribution is 2.33. The van der Waals surface area contributed by atoms with Crippen LogP contribution in [-0.2, 0) is 14.8 Å². The van der Waals surface area contributed by atoms with Crippen molar-refractivity contribution < 1.29 is 23.2 Å². The minimum absolute atomic E-state index is 0.0307. The van der Waals surface area contributed by atoms with E-state index in [1.165, 1.54) is 6.07 Å². The quantitative estimate of drug-likeness (QED) is 0.627. The summed E-state index contributed by atoms with van der Waals surface area (Å²) < 4.78 is 26.3. The number of rotatable bonds is 4. The van der Waals surface area contributed by atoms with Crippen molar-refractivity contribution in [1.82, 2.24) is 4.31 Å². The van der Waals surface area contributed by atoms with Crippen LogP contribution in [-0.4, -0.2) is 41.3 Å². The molecule has 1 aromatic rings. The molecule has 0 radical (unpaired) electrons. The first-order chi connectivity index (χ1) is 9.75. The number of nitro benzene ring substituents is 1. The summed E-state index contributed by atoms with van der Waals surface area (Å²) in [5, 5.41) is 20.1. The minimum Gasteiger partial charge on any atom is -0.480 e. The van der Waals surface area contributed by atoms with E-state index in [0.29, 0.717) is 10.9 Å². The molecule has 1 N–H and O–H groups in total. The summed E-state index contributed by atoms with van der Waals surface area (Å²) in [5.41, 5.74) is -0.575. The van der Waals surface area contributed by atoms with E-state index < -0.39 is 37.5 Å². The molecular formula is C11H11BrN2O6S. The Morgan fingerprint density at radius 2 is 2.14 bits per heavy atom. The van der Waals surface area contributed by atoms with Gasteiger partial charge in [-0.05, 0) is 25.0 Å². The zero-order valence-corrected chi connectivity index (χ0v) is 13.0. The summed E-state index contributed by atoms with van der Waals surface area (Å²) in [6, 6.07) is 2.36. The summed E-state index contributed by atoms with van der Waals surface area (Å²) in [5.74, 6) is -1.26. The lowest BCUT2D eigenvalue weighted by Gasteiger charge is -2.20. The zero-order chi connectivity index (χ0) is 15.8. The van der Waals surface area contributed by atoms with Gasteiger partial charge in [0.15, 0.2) is 4.90 Å². The fraction of sp³-hybridized carbons (Fsp3) is 0.364. The van der Waals surface area contributed by atoms with Crippen molar-refractivity contribution in [2.24, 2.45) is 0 Å². The molecule has 0 saturated carbocycles. The lowest BCUT2D eigenvalue weighted by Crippen LogP contribution is -2.40. The standard InChI is InChI=1S/C11H11BrN2O6S/c12-7-3-4-8(14(17)18)10(6-7)21(19,20)13-5-1-2-9(13)11(15)16/h3-4,6,9H,1-2,5H2,(H,15,16)/t9-/m0/s1. The Morgan fingerprint density at radius 3 is 2.71 bits per heavy atom. The number of carbonyl (C=O) groups is 1. The normalized spacial score (nSPS) is 19.6. The van der Waals surface area contributed by atoms with Gasteiger partial charge < -0.3 is 5.11 Å². The van der Waals surface area contributed by atoms with Gasteiger partial charge in [-0.3, -0.25) is 14.9 Å². The van der Waals surface area contributed by atoms with E-state index in [4.69, 9.17) is 5.11 Å². The van der Waals surface area contributed by atoms with Gasteiger partial charge in [-0.2, -0.15) is 4.31 Å². The molecule has 0 amide bonds. The second-order valence-corrected chi connectivity index (χ2v) is 7.26. The van der Waals surface area contributed by atoms with Gasteiger partial charge in [-0.15, -0.1) is 0 Å². The van der Waals surface area contributed by atoms with E-state index in [2.05, 4.69) is 15.9 Å². The van der Waals surface area contributed by atoms with Crippen LogP contribution in [0.2, 0.25) is 0 Å². The number of nitro groups is 1. The third-order valence-corrected chi connectivity index (χ3v) is 5.62. The molecule has 1 aliphatic rings. The Morgan fingerprint density at radius 1 is 1.48 bits per heavy atom. The van der Waals surface area contributed by atoms with Crippen LogP contribution < -0.4 is 0 Å². The third-order valence-electron chi connectivity index (χ3n) is 3.19. The summed E-state index contributed by atoms with van der Waals surface area (Å²) in [6.07, 6.45) is 0.592. The first kappa shape index (κ1) is 15.9. The average molecular weight is 379 g/mol. The van der Waals surface area contributed by atoms with Gasteiger partial charge in [0, 0.05) is 17.1 Å². The number of benzene rings is 1. The summed E-state index contributed by atoms with van der Waals surface area (Å²) in [4.78, 5) is 20.8. The van der Waals surface area contributed by atoms with E-state index >= 15 is 0 Å². The molecule has 114 valence electrons. The Kier molecular flexibility index (Phi) is 4.30. The van der Waals surface area contributed by atoms with Crippen molar-refractivity contribution in [1.29, 1.82) is 0 Å². The lowest BCUT2D eigenvalue weighted by atomic mass is 10.2. The van der Waals surface area contributed by atoms with E-state index in [-0.39, 0.29) is 13.0 Å². The van der Waals surface area contributed by atoms with Crippen molar-refractivity contribution in [3.05, 3.63) is 32.8 Å². The highest BCUT2D eigenvalue weighted by molar-refractivity contribution is 9.10. The van der Waals surface area contributed by atoms with Gasteiger partial charge in [0.25, 0.3) is 15.7 Å². The lowest BCUT2D eigenvalue weighted by molar-refractivity contribution is -0.387. The van der Waals surface area contributed by atoms with Gasteiger partial charge in [-0.1, -0.05) is 15.9 Å².